The Morgan fingerprint density at radius 2 is 2.26 bits per heavy atom. The van der Waals surface area contributed by atoms with Gasteiger partial charge in [-0.25, -0.2) is 4.39 Å². The Bertz CT molecular complexity index is 514. The number of rotatable bonds is 5. The molecule has 4 nitrogen and oxygen atoms in total. The summed E-state index contributed by atoms with van der Waals surface area (Å²) in [5.74, 6) is -2.40. The molecule has 0 aromatic heterocycles. The van der Waals surface area contributed by atoms with Crippen molar-refractivity contribution in [2.45, 2.75) is 25.2 Å². The largest absolute Gasteiger partial charge is 0.504 e. The summed E-state index contributed by atoms with van der Waals surface area (Å²) in [5, 5.41) is 18.8. The number of ether oxygens (including phenoxy) is 1. The number of hydrogen-bond acceptors (Lipinski definition) is 3. The normalized spacial score (nSPS) is 16.2. The number of carboxylic acid groups (broad SMARTS) is 1. The highest BCUT2D eigenvalue weighted by atomic mass is 35.5. The van der Waals surface area contributed by atoms with E-state index in [0.717, 1.165) is 18.9 Å². The first kappa shape index (κ1) is 13.9. The van der Waals surface area contributed by atoms with E-state index in [0.29, 0.717) is 0 Å². The molecule has 1 saturated carbocycles. The third-order valence-corrected chi connectivity index (χ3v) is 3.75. The fourth-order valence-corrected chi connectivity index (χ4v) is 2.58. The lowest BCUT2D eigenvalue weighted by Gasteiger charge is -2.19. The van der Waals surface area contributed by atoms with E-state index in [4.69, 9.17) is 21.4 Å². The number of phenolic OH excluding ortho intramolecular Hbond substituents is 1. The van der Waals surface area contributed by atoms with Crippen molar-refractivity contribution < 1.29 is 24.1 Å². The molecule has 1 aliphatic rings. The summed E-state index contributed by atoms with van der Waals surface area (Å²) in [5.41, 5.74) is 0.142. The molecule has 1 aromatic rings. The second-order valence-electron chi connectivity index (χ2n) is 4.68. The minimum atomic E-state index is -1.00. The van der Waals surface area contributed by atoms with Gasteiger partial charge in [-0.15, -0.1) is 0 Å². The topological polar surface area (TPSA) is 66.8 Å². The van der Waals surface area contributed by atoms with Gasteiger partial charge in [0.05, 0.1) is 18.6 Å². The van der Waals surface area contributed by atoms with Crippen molar-refractivity contribution >= 4 is 17.6 Å². The van der Waals surface area contributed by atoms with Crippen LogP contribution in [0.2, 0.25) is 5.02 Å². The van der Waals surface area contributed by atoms with E-state index < -0.39 is 17.7 Å². The monoisotopic (exact) mass is 288 g/mol. The SMILES string of the molecule is COc1cc(F)c(Cl)c(C(CC(=O)O)C2CC2)c1O. The lowest BCUT2D eigenvalue weighted by Crippen LogP contribution is -2.10. The number of aliphatic carboxylic acids is 1. The summed E-state index contributed by atoms with van der Waals surface area (Å²) in [6, 6.07) is 0.992. The molecule has 1 aliphatic carbocycles. The first-order chi connectivity index (χ1) is 8.95. The summed E-state index contributed by atoms with van der Waals surface area (Å²) >= 11 is 5.89. The fraction of sp³-hybridized carbons (Fsp3) is 0.462. The van der Waals surface area contributed by atoms with Gasteiger partial charge in [-0.3, -0.25) is 4.79 Å². The van der Waals surface area contributed by atoms with Gasteiger partial charge >= 0.3 is 5.97 Å². The Kier molecular flexibility index (Phi) is 3.85. The van der Waals surface area contributed by atoms with Crippen LogP contribution in [-0.4, -0.2) is 23.3 Å². The van der Waals surface area contributed by atoms with Gasteiger partial charge in [0.15, 0.2) is 11.5 Å². The molecule has 0 heterocycles. The van der Waals surface area contributed by atoms with Crippen molar-refractivity contribution in [1.82, 2.24) is 0 Å². The highest BCUT2D eigenvalue weighted by Crippen LogP contribution is 2.51. The first-order valence-electron chi connectivity index (χ1n) is 5.92. The number of phenols is 1. The number of carbonyl (C=O) groups is 1. The molecule has 0 amide bonds. The zero-order valence-electron chi connectivity index (χ0n) is 10.3. The highest BCUT2D eigenvalue weighted by molar-refractivity contribution is 6.31. The second-order valence-corrected chi connectivity index (χ2v) is 5.06. The van der Waals surface area contributed by atoms with E-state index in [2.05, 4.69) is 0 Å². The molecule has 0 radical (unpaired) electrons. The van der Waals surface area contributed by atoms with Crippen molar-refractivity contribution in [2.75, 3.05) is 7.11 Å². The molecule has 2 N–H and O–H groups in total. The van der Waals surface area contributed by atoms with Crippen LogP contribution in [0.25, 0.3) is 0 Å². The van der Waals surface area contributed by atoms with Crippen LogP contribution in [0.1, 0.15) is 30.7 Å². The predicted molar refractivity (Wildman–Crippen MR) is 67.3 cm³/mol. The van der Waals surface area contributed by atoms with Crippen LogP contribution < -0.4 is 4.74 Å². The Labute approximate surface area is 114 Å². The zero-order chi connectivity index (χ0) is 14.2. The lowest BCUT2D eigenvalue weighted by atomic mass is 9.90. The summed E-state index contributed by atoms with van der Waals surface area (Å²) in [6.07, 6.45) is 1.52. The Balaban J connectivity index is 2.51. The number of hydrogen-bond donors (Lipinski definition) is 2. The maximum atomic E-state index is 13.7. The van der Waals surface area contributed by atoms with E-state index in [9.17, 15) is 14.3 Å². The number of halogens is 2. The Morgan fingerprint density at radius 3 is 2.74 bits per heavy atom. The molecule has 0 saturated heterocycles. The van der Waals surface area contributed by atoms with Crippen LogP contribution in [0.15, 0.2) is 6.07 Å². The average molecular weight is 289 g/mol. The molecule has 1 atom stereocenters. The van der Waals surface area contributed by atoms with E-state index in [-0.39, 0.29) is 34.4 Å². The molecule has 19 heavy (non-hydrogen) atoms. The number of aromatic hydroxyl groups is 1. The van der Waals surface area contributed by atoms with Crippen LogP contribution >= 0.6 is 11.6 Å². The average Bonchev–Trinajstić information content (AvgIpc) is 3.16. The third kappa shape index (κ3) is 2.76. The van der Waals surface area contributed by atoms with Crippen molar-refractivity contribution in [3.05, 3.63) is 22.5 Å². The van der Waals surface area contributed by atoms with Gasteiger partial charge in [0.25, 0.3) is 0 Å². The minimum absolute atomic E-state index is 0.0343. The Hall–Kier alpha value is -1.49. The number of benzene rings is 1. The molecule has 0 aliphatic heterocycles. The lowest BCUT2D eigenvalue weighted by molar-refractivity contribution is -0.137. The molecule has 2 rings (SSSR count). The highest BCUT2D eigenvalue weighted by Gasteiger charge is 2.38. The van der Waals surface area contributed by atoms with Crippen LogP contribution in [-0.2, 0) is 4.79 Å². The summed E-state index contributed by atoms with van der Waals surface area (Å²) < 4.78 is 18.6. The molecule has 0 spiro atoms. The van der Waals surface area contributed by atoms with E-state index >= 15 is 0 Å². The van der Waals surface area contributed by atoms with Gasteiger partial charge in [0, 0.05) is 17.5 Å². The Morgan fingerprint density at radius 1 is 1.63 bits per heavy atom. The number of carboxylic acids is 1. The van der Waals surface area contributed by atoms with Crippen molar-refractivity contribution in [3.8, 4) is 11.5 Å². The summed E-state index contributed by atoms with van der Waals surface area (Å²) in [7, 11) is 1.30. The van der Waals surface area contributed by atoms with Gasteiger partial charge < -0.3 is 14.9 Å². The van der Waals surface area contributed by atoms with Gasteiger partial charge in [0.2, 0.25) is 0 Å². The molecule has 1 aromatic carbocycles. The number of methoxy groups -OCH3 is 1. The molecular formula is C13H14ClFO4. The van der Waals surface area contributed by atoms with Crippen LogP contribution in [0.5, 0.6) is 11.5 Å². The maximum absolute atomic E-state index is 13.7. The smallest absolute Gasteiger partial charge is 0.303 e. The molecule has 104 valence electrons. The van der Waals surface area contributed by atoms with E-state index in [1.807, 2.05) is 0 Å². The van der Waals surface area contributed by atoms with Crippen molar-refractivity contribution in [3.63, 3.8) is 0 Å². The molecular weight excluding hydrogens is 275 g/mol. The quantitative estimate of drug-likeness (QED) is 0.873. The van der Waals surface area contributed by atoms with Crippen LogP contribution in [0.3, 0.4) is 0 Å². The maximum Gasteiger partial charge on any atom is 0.303 e. The summed E-state index contributed by atoms with van der Waals surface area (Å²) in [4.78, 5) is 10.9. The standard InChI is InChI=1S/C13H14ClFO4/c1-19-9-5-8(15)12(14)11(13(9)18)7(4-10(16)17)6-2-3-6/h5-7,18H,2-4H2,1H3,(H,16,17). The van der Waals surface area contributed by atoms with Crippen molar-refractivity contribution in [2.24, 2.45) is 5.92 Å². The van der Waals surface area contributed by atoms with Crippen LogP contribution in [0.4, 0.5) is 4.39 Å². The van der Waals surface area contributed by atoms with E-state index in [1.54, 1.807) is 0 Å². The summed E-state index contributed by atoms with van der Waals surface area (Å²) in [6.45, 7) is 0. The van der Waals surface area contributed by atoms with Gasteiger partial charge in [-0.05, 0) is 18.8 Å². The van der Waals surface area contributed by atoms with Gasteiger partial charge in [-0.2, -0.15) is 0 Å². The molecule has 1 unspecified atom stereocenters. The zero-order valence-corrected chi connectivity index (χ0v) is 11.1. The van der Waals surface area contributed by atoms with E-state index in [1.165, 1.54) is 7.11 Å². The third-order valence-electron chi connectivity index (χ3n) is 3.37. The van der Waals surface area contributed by atoms with Crippen LogP contribution in [0, 0.1) is 11.7 Å². The second kappa shape index (κ2) is 5.25. The van der Waals surface area contributed by atoms with Gasteiger partial charge in [0.1, 0.15) is 5.82 Å². The molecule has 6 heteroatoms. The first-order valence-corrected chi connectivity index (χ1v) is 6.30. The fourth-order valence-electron chi connectivity index (χ4n) is 2.30. The molecule has 1 fully saturated rings. The van der Waals surface area contributed by atoms with Gasteiger partial charge in [-0.1, -0.05) is 11.6 Å². The molecule has 0 bridgehead atoms. The van der Waals surface area contributed by atoms with Crippen molar-refractivity contribution in [1.29, 1.82) is 0 Å². The minimum Gasteiger partial charge on any atom is -0.504 e. The predicted octanol–water partition coefficient (Wildman–Crippen LogP) is 3.16.